The van der Waals surface area contributed by atoms with Crippen LogP contribution < -0.4 is 10.6 Å². The molecule has 1 aliphatic rings. The highest BCUT2D eigenvalue weighted by Crippen LogP contribution is 2.07. The van der Waals surface area contributed by atoms with E-state index in [-0.39, 0.29) is 11.8 Å². The average molecular weight is 206 g/mol. The second-order valence-corrected chi connectivity index (χ2v) is 4.83. The number of nitrogens with one attached hydrogen (secondary N) is 2. The van der Waals surface area contributed by atoms with Gasteiger partial charge in [0.2, 0.25) is 0 Å². The fraction of sp³-hybridized carbons (Fsp3) is 0.500. The lowest BCUT2D eigenvalue weighted by Crippen LogP contribution is -2.40. The van der Waals surface area contributed by atoms with Gasteiger partial charge in [-0.05, 0) is 18.3 Å². The third-order valence-corrected chi connectivity index (χ3v) is 3.19. The standard InChI is InChI=1S/C6H10N2O2S2/c1-7-6(11)8-5-2-3-12(9,10)4-5/h2-3,5H,4H2,1H3,(H2,7,8,11)/t5-/m1/s1. The molecule has 0 saturated heterocycles. The molecule has 0 aromatic rings. The molecule has 1 rings (SSSR count). The highest BCUT2D eigenvalue weighted by molar-refractivity contribution is 7.94. The van der Waals surface area contributed by atoms with E-state index in [4.69, 9.17) is 12.2 Å². The smallest absolute Gasteiger partial charge is 0.173 e. The van der Waals surface area contributed by atoms with Gasteiger partial charge in [-0.15, -0.1) is 0 Å². The molecule has 0 bridgehead atoms. The lowest BCUT2D eigenvalue weighted by molar-refractivity contribution is 0.602. The Morgan fingerprint density at radius 2 is 2.33 bits per heavy atom. The van der Waals surface area contributed by atoms with Crippen molar-refractivity contribution in [3.63, 3.8) is 0 Å². The molecule has 2 N–H and O–H groups in total. The highest BCUT2D eigenvalue weighted by atomic mass is 32.2. The highest BCUT2D eigenvalue weighted by Gasteiger charge is 2.21. The molecule has 0 aromatic heterocycles. The van der Waals surface area contributed by atoms with Crippen molar-refractivity contribution in [3.8, 4) is 0 Å². The number of sulfone groups is 1. The van der Waals surface area contributed by atoms with Crippen LogP contribution in [-0.4, -0.2) is 32.4 Å². The summed E-state index contributed by atoms with van der Waals surface area (Å²) in [7, 11) is -1.30. The molecule has 0 saturated carbocycles. The van der Waals surface area contributed by atoms with E-state index in [1.165, 1.54) is 5.41 Å². The van der Waals surface area contributed by atoms with Crippen LogP contribution in [0.5, 0.6) is 0 Å². The van der Waals surface area contributed by atoms with Crippen molar-refractivity contribution in [1.29, 1.82) is 0 Å². The first-order valence-electron chi connectivity index (χ1n) is 3.43. The van der Waals surface area contributed by atoms with Crippen molar-refractivity contribution < 1.29 is 8.42 Å². The summed E-state index contributed by atoms with van der Waals surface area (Å²) in [4.78, 5) is 0. The van der Waals surface area contributed by atoms with Crippen LogP contribution >= 0.6 is 12.2 Å². The van der Waals surface area contributed by atoms with Crippen molar-refractivity contribution in [3.05, 3.63) is 11.5 Å². The molecule has 0 aliphatic carbocycles. The van der Waals surface area contributed by atoms with Gasteiger partial charge in [-0.3, -0.25) is 0 Å². The monoisotopic (exact) mass is 206 g/mol. The zero-order valence-electron chi connectivity index (χ0n) is 6.57. The zero-order chi connectivity index (χ0) is 9.19. The minimum atomic E-state index is -2.98. The lowest BCUT2D eigenvalue weighted by Gasteiger charge is -2.10. The van der Waals surface area contributed by atoms with Crippen molar-refractivity contribution in [1.82, 2.24) is 10.6 Å². The molecule has 0 radical (unpaired) electrons. The Balaban J connectivity index is 2.51. The first-order valence-corrected chi connectivity index (χ1v) is 5.55. The second kappa shape index (κ2) is 3.40. The first kappa shape index (κ1) is 9.47. The van der Waals surface area contributed by atoms with E-state index in [0.717, 1.165) is 0 Å². The third-order valence-electron chi connectivity index (χ3n) is 1.47. The Morgan fingerprint density at radius 1 is 1.67 bits per heavy atom. The van der Waals surface area contributed by atoms with Gasteiger partial charge in [0.05, 0.1) is 11.8 Å². The number of thiocarbonyl (C=S) groups is 1. The topological polar surface area (TPSA) is 58.2 Å². The Labute approximate surface area is 77.0 Å². The van der Waals surface area contributed by atoms with Crippen molar-refractivity contribution in [2.45, 2.75) is 6.04 Å². The maximum Gasteiger partial charge on any atom is 0.173 e. The van der Waals surface area contributed by atoms with Crippen LogP contribution in [-0.2, 0) is 9.84 Å². The minimum absolute atomic E-state index is 0.0921. The summed E-state index contributed by atoms with van der Waals surface area (Å²) in [5, 5.41) is 7.22. The van der Waals surface area contributed by atoms with Gasteiger partial charge < -0.3 is 10.6 Å². The van der Waals surface area contributed by atoms with Gasteiger partial charge >= 0.3 is 0 Å². The minimum Gasteiger partial charge on any atom is -0.366 e. The Hall–Kier alpha value is -0.620. The van der Waals surface area contributed by atoms with Crippen molar-refractivity contribution in [2.75, 3.05) is 12.8 Å². The molecule has 1 heterocycles. The van der Waals surface area contributed by atoms with E-state index < -0.39 is 9.84 Å². The Bertz CT molecular complexity index is 308. The molecule has 6 heteroatoms. The molecular weight excluding hydrogens is 196 g/mol. The molecule has 68 valence electrons. The van der Waals surface area contributed by atoms with E-state index in [2.05, 4.69) is 10.6 Å². The molecular formula is C6H10N2O2S2. The molecule has 0 amide bonds. The third kappa shape index (κ3) is 2.46. The summed E-state index contributed by atoms with van der Waals surface area (Å²) in [6, 6.07) is -0.185. The maximum absolute atomic E-state index is 10.9. The van der Waals surface area contributed by atoms with Crippen LogP contribution in [0, 0.1) is 0 Å². The fourth-order valence-electron chi connectivity index (χ4n) is 0.906. The second-order valence-electron chi connectivity index (χ2n) is 2.49. The fourth-order valence-corrected chi connectivity index (χ4v) is 2.29. The lowest BCUT2D eigenvalue weighted by atomic mass is 10.3. The Morgan fingerprint density at radius 3 is 2.75 bits per heavy atom. The van der Waals surface area contributed by atoms with Gasteiger partial charge in [-0.1, -0.05) is 0 Å². The SMILES string of the molecule is CNC(=S)N[C@@H]1C=CS(=O)(=O)C1. The Kier molecular flexibility index (Phi) is 2.69. The number of hydrogen-bond donors (Lipinski definition) is 2. The molecule has 1 atom stereocenters. The van der Waals surface area contributed by atoms with Crippen LogP contribution in [0.1, 0.15) is 0 Å². The van der Waals surface area contributed by atoms with E-state index in [0.29, 0.717) is 5.11 Å². The first-order chi connectivity index (χ1) is 5.53. The molecule has 0 unspecified atom stereocenters. The van der Waals surface area contributed by atoms with E-state index in [1.54, 1.807) is 13.1 Å². The summed E-state index contributed by atoms with van der Waals surface area (Å²) in [6.45, 7) is 0. The van der Waals surface area contributed by atoms with Gasteiger partial charge in [0.1, 0.15) is 0 Å². The number of hydrogen-bond acceptors (Lipinski definition) is 3. The van der Waals surface area contributed by atoms with Gasteiger partial charge in [0.25, 0.3) is 0 Å². The summed E-state index contributed by atoms with van der Waals surface area (Å²) in [5.41, 5.74) is 0. The average Bonchev–Trinajstić information content (AvgIpc) is 2.30. The zero-order valence-corrected chi connectivity index (χ0v) is 8.21. The van der Waals surface area contributed by atoms with Gasteiger partial charge in [-0.25, -0.2) is 8.42 Å². The van der Waals surface area contributed by atoms with E-state index in [1.807, 2.05) is 0 Å². The summed E-state index contributed by atoms with van der Waals surface area (Å²) >= 11 is 4.82. The predicted molar refractivity (Wildman–Crippen MR) is 51.5 cm³/mol. The van der Waals surface area contributed by atoms with Gasteiger partial charge in [0.15, 0.2) is 14.9 Å². The molecule has 0 aromatic carbocycles. The molecule has 1 aliphatic heterocycles. The van der Waals surface area contributed by atoms with Crippen LogP contribution in [0.2, 0.25) is 0 Å². The summed E-state index contributed by atoms with van der Waals surface area (Å²) in [5.74, 6) is 0.0921. The molecule has 0 fully saturated rings. The number of rotatable bonds is 1. The molecule has 4 nitrogen and oxygen atoms in total. The quantitative estimate of drug-likeness (QED) is 0.561. The summed E-state index contributed by atoms with van der Waals surface area (Å²) in [6.07, 6.45) is 1.60. The van der Waals surface area contributed by atoms with E-state index >= 15 is 0 Å². The normalized spacial score (nSPS) is 25.2. The molecule has 0 spiro atoms. The van der Waals surface area contributed by atoms with E-state index in [9.17, 15) is 8.42 Å². The van der Waals surface area contributed by atoms with Crippen LogP contribution in [0.3, 0.4) is 0 Å². The van der Waals surface area contributed by atoms with Gasteiger partial charge in [-0.2, -0.15) is 0 Å². The predicted octanol–water partition coefficient (Wildman–Crippen LogP) is -0.609. The van der Waals surface area contributed by atoms with Crippen molar-refractivity contribution >= 4 is 27.2 Å². The van der Waals surface area contributed by atoms with Gasteiger partial charge in [0, 0.05) is 12.5 Å². The van der Waals surface area contributed by atoms with Crippen LogP contribution in [0.15, 0.2) is 11.5 Å². The van der Waals surface area contributed by atoms with Crippen molar-refractivity contribution in [2.24, 2.45) is 0 Å². The largest absolute Gasteiger partial charge is 0.366 e. The summed E-state index contributed by atoms with van der Waals surface area (Å²) < 4.78 is 21.8. The van der Waals surface area contributed by atoms with Crippen LogP contribution in [0.25, 0.3) is 0 Å². The van der Waals surface area contributed by atoms with Crippen LogP contribution in [0.4, 0.5) is 0 Å². The maximum atomic E-state index is 10.9. The molecule has 12 heavy (non-hydrogen) atoms.